The number of benzene rings is 2. The fourth-order valence-electron chi connectivity index (χ4n) is 2.80. The van der Waals surface area contributed by atoms with E-state index in [9.17, 15) is 9.18 Å². The van der Waals surface area contributed by atoms with Crippen molar-refractivity contribution in [3.05, 3.63) is 77.1 Å². The summed E-state index contributed by atoms with van der Waals surface area (Å²) in [5.74, 6) is 0.00880. The maximum absolute atomic E-state index is 13.0. The van der Waals surface area contributed by atoms with Gasteiger partial charge in [-0.15, -0.1) is 11.3 Å². The van der Waals surface area contributed by atoms with E-state index in [0.29, 0.717) is 12.5 Å². The summed E-state index contributed by atoms with van der Waals surface area (Å²) in [5.41, 5.74) is 2.83. The van der Waals surface area contributed by atoms with Crippen molar-refractivity contribution in [2.45, 2.75) is 25.7 Å². The lowest BCUT2D eigenvalue weighted by Gasteiger charge is -2.16. The Morgan fingerprint density at radius 3 is 2.58 bits per heavy atom. The third-order valence-corrected chi connectivity index (χ3v) is 5.23. The van der Waals surface area contributed by atoms with Crippen LogP contribution in [0.5, 0.6) is 0 Å². The molecule has 1 amide bonds. The van der Waals surface area contributed by atoms with Gasteiger partial charge in [-0.05, 0) is 36.2 Å². The SMILES string of the molecule is CC[C@@H](CNC(=O)Cc1csc(-c2ccc(F)cc2)n1)c1ccccc1. The molecule has 5 heteroatoms. The Kier molecular flexibility index (Phi) is 6.12. The molecular formula is C21H21FN2OS. The van der Waals surface area contributed by atoms with Crippen LogP contribution in [0.2, 0.25) is 0 Å². The number of halogens is 1. The van der Waals surface area contributed by atoms with E-state index in [2.05, 4.69) is 29.4 Å². The zero-order valence-electron chi connectivity index (χ0n) is 14.6. The number of amides is 1. The largest absolute Gasteiger partial charge is 0.355 e. The number of aromatic nitrogens is 1. The van der Waals surface area contributed by atoms with Crippen LogP contribution in [-0.2, 0) is 11.2 Å². The van der Waals surface area contributed by atoms with Gasteiger partial charge in [0.25, 0.3) is 0 Å². The van der Waals surface area contributed by atoms with Gasteiger partial charge in [-0.3, -0.25) is 4.79 Å². The van der Waals surface area contributed by atoms with E-state index in [1.54, 1.807) is 12.1 Å². The normalized spacial score (nSPS) is 11.9. The number of nitrogens with one attached hydrogen (secondary N) is 1. The lowest BCUT2D eigenvalue weighted by Crippen LogP contribution is -2.29. The first-order chi connectivity index (χ1) is 12.7. The van der Waals surface area contributed by atoms with Crippen LogP contribution >= 0.6 is 11.3 Å². The van der Waals surface area contributed by atoms with Crippen molar-refractivity contribution < 1.29 is 9.18 Å². The number of carbonyl (C=O) groups excluding carboxylic acids is 1. The van der Waals surface area contributed by atoms with E-state index in [4.69, 9.17) is 0 Å². The number of rotatable bonds is 7. The Morgan fingerprint density at radius 2 is 1.88 bits per heavy atom. The third-order valence-electron chi connectivity index (χ3n) is 4.29. The van der Waals surface area contributed by atoms with Gasteiger partial charge in [0.15, 0.2) is 0 Å². The fourth-order valence-corrected chi connectivity index (χ4v) is 3.63. The van der Waals surface area contributed by atoms with Crippen LogP contribution in [0.25, 0.3) is 10.6 Å². The van der Waals surface area contributed by atoms with E-state index < -0.39 is 0 Å². The lowest BCUT2D eigenvalue weighted by molar-refractivity contribution is -0.120. The lowest BCUT2D eigenvalue weighted by atomic mass is 9.96. The summed E-state index contributed by atoms with van der Waals surface area (Å²) in [5, 5.41) is 5.69. The van der Waals surface area contributed by atoms with Crippen molar-refractivity contribution in [3.63, 3.8) is 0 Å². The van der Waals surface area contributed by atoms with Crippen molar-refractivity contribution in [1.29, 1.82) is 0 Å². The van der Waals surface area contributed by atoms with Gasteiger partial charge < -0.3 is 5.32 Å². The second kappa shape index (κ2) is 8.72. The molecule has 3 rings (SSSR count). The summed E-state index contributed by atoms with van der Waals surface area (Å²) in [6.45, 7) is 2.74. The molecule has 0 spiro atoms. The zero-order valence-corrected chi connectivity index (χ0v) is 15.4. The molecule has 0 aliphatic heterocycles. The molecule has 1 aromatic heterocycles. The van der Waals surface area contributed by atoms with Gasteiger partial charge in [-0.2, -0.15) is 0 Å². The molecule has 3 nitrogen and oxygen atoms in total. The van der Waals surface area contributed by atoms with E-state index in [1.807, 2.05) is 23.6 Å². The molecule has 26 heavy (non-hydrogen) atoms. The molecule has 0 aliphatic rings. The quantitative estimate of drug-likeness (QED) is 0.651. The van der Waals surface area contributed by atoms with Crippen LogP contribution in [0.4, 0.5) is 4.39 Å². The van der Waals surface area contributed by atoms with E-state index in [0.717, 1.165) is 22.7 Å². The first-order valence-electron chi connectivity index (χ1n) is 8.67. The Labute approximate surface area is 156 Å². The van der Waals surface area contributed by atoms with Crippen molar-refractivity contribution in [3.8, 4) is 10.6 Å². The maximum Gasteiger partial charge on any atom is 0.226 e. The van der Waals surface area contributed by atoms with Crippen molar-refractivity contribution in [1.82, 2.24) is 10.3 Å². The van der Waals surface area contributed by atoms with Gasteiger partial charge in [0.2, 0.25) is 5.91 Å². The average molecular weight is 368 g/mol. The van der Waals surface area contributed by atoms with E-state index >= 15 is 0 Å². The Morgan fingerprint density at radius 1 is 1.15 bits per heavy atom. The Balaban J connectivity index is 1.56. The number of thiazole rings is 1. The Bertz CT molecular complexity index is 846. The highest BCUT2D eigenvalue weighted by atomic mass is 32.1. The predicted octanol–water partition coefficient (Wildman–Crippen LogP) is 4.80. The summed E-state index contributed by atoms with van der Waals surface area (Å²) in [7, 11) is 0. The summed E-state index contributed by atoms with van der Waals surface area (Å²) in [6.07, 6.45) is 1.22. The molecule has 0 bridgehead atoms. The van der Waals surface area contributed by atoms with Crippen LogP contribution in [0.3, 0.4) is 0 Å². The topological polar surface area (TPSA) is 42.0 Å². The second-order valence-corrected chi connectivity index (χ2v) is 7.01. The smallest absolute Gasteiger partial charge is 0.226 e. The highest BCUT2D eigenvalue weighted by Gasteiger charge is 2.13. The summed E-state index contributed by atoms with van der Waals surface area (Å²) >= 11 is 1.46. The highest BCUT2D eigenvalue weighted by Crippen LogP contribution is 2.24. The molecular weight excluding hydrogens is 347 g/mol. The maximum atomic E-state index is 13.0. The first-order valence-corrected chi connectivity index (χ1v) is 9.55. The second-order valence-electron chi connectivity index (χ2n) is 6.15. The van der Waals surface area contributed by atoms with E-state index in [-0.39, 0.29) is 18.1 Å². The number of carbonyl (C=O) groups is 1. The van der Waals surface area contributed by atoms with Gasteiger partial charge >= 0.3 is 0 Å². The van der Waals surface area contributed by atoms with Crippen molar-refractivity contribution in [2.24, 2.45) is 0 Å². The van der Waals surface area contributed by atoms with Crippen LogP contribution in [-0.4, -0.2) is 17.4 Å². The molecule has 2 aromatic carbocycles. The average Bonchev–Trinajstić information content (AvgIpc) is 3.12. The van der Waals surface area contributed by atoms with Gasteiger partial charge in [-0.25, -0.2) is 9.37 Å². The van der Waals surface area contributed by atoms with Gasteiger partial charge in [0, 0.05) is 23.4 Å². The van der Waals surface area contributed by atoms with Crippen LogP contribution < -0.4 is 5.32 Å². The minimum atomic E-state index is -0.270. The molecule has 0 fully saturated rings. The van der Waals surface area contributed by atoms with Gasteiger partial charge in [0.1, 0.15) is 10.8 Å². The highest BCUT2D eigenvalue weighted by molar-refractivity contribution is 7.13. The molecule has 0 unspecified atom stereocenters. The molecule has 1 heterocycles. The van der Waals surface area contributed by atoms with Gasteiger partial charge in [0.05, 0.1) is 12.1 Å². The monoisotopic (exact) mass is 368 g/mol. The number of hydrogen-bond donors (Lipinski definition) is 1. The molecule has 0 saturated carbocycles. The third kappa shape index (κ3) is 4.76. The molecule has 0 saturated heterocycles. The molecule has 0 aliphatic carbocycles. The van der Waals surface area contributed by atoms with Crippen LogP contribution in [0.1, 0.15) is 30.5 Å². The number of nitrogens with zero attached hydrogens (tertiary/aromatic N) is 1. The minimum absolute atomic E-state index is 0.0321. The van der Waals surface area contributed by atoms with Gasteiger partial charge in [-0.1, -0.05) is 37.3 Å². The van der Waals surface area contributed by atoms with Crippen molar-refractivity contribution in [2.75, 3.05) is 6.54 Å². The molecule has 134 valence electrons. The molecule has 3 aromatic rings. The standard InChI is InChI=1S/C21H21FN2OS/c1-2-15(16-6-4-3-5-7-16)13-23-20(25)12-19-14-26-21(24-19)17-8-10-18(22)11-9-17/h3-11,14-15H,2,12-13H2,1H3,(H,23,25)/t15-/m0/s1. The zero-order chi connectivity index (χ0) is 18.4. The van der Waals surface area contributed by atoms with Crippen LogP contribution in [0, 0.1) is 5.82 Å². The molecule has 0 radical (unpaired) electrons. The summed E-state index contributed by atoms with van der Waals surface area (Å²) in [6, 6.07) is 16.4. The Hall–Kier alpha value is -2.53. The number of hydrogen-bond acceptors (Lipinski definition) is 3. The molecule has 1 N–H and O–H groups in total. The predicted molar refractivity (Wildman–Crippen MR) is 104 cm³/mol. The van der Waals surface area contributed by atoms with Crippen LogP contribution in [0.15, 0.2) is 60.0 Å². The fraction of sp³-hybridized carbons (Fsp3) is 0.238. The van der Waals surface area contributed by atoms with Crippen molar-refractivity contribution >= 4 is 17.2 Å². The van der Waals surface area contributed by atoms with E-state index in [1.165, 1.54) is 29.0 Å². The summed E-state index contributed by atoms with van der Waals surface area (Å²) < 4.78 is 13.0. The minimum Gasteiger partial charge on any atom is -0.355 e. The molecule has 1 atom stereocenters. The first kappa shape index (κ1) is 18.3. The summed E-state index contributed by atoms with van der Waals surface area (Å²) in [4.78, 5) is 16.7.